The van der Waals surface area contributed by atoms with Crippen LogP contribution in [0.15, 0.2) is 0 Å². The molecule has 0 radical (unpaired) electrons. The largest absolute Gasteiger partial charge is 0.356 e. The highest BCUT2D eigenvalue weighted by Crippen LogP contribution is 2.31. The Bertz CT molecular complexity index is 252. The minimum Gasteiger partial charge on any atom is -0.356 e. The SMILES string of the molecule is CCOC(C)OC.COC(C)(C)OC.COC1(OC)CCCCC1. The van der Waals surface area contributed by atoms with Crippen LogP contribution >= 0.6 is 0 Å². The monoisotopic (exact) mass is 352 g/mol. The smallest absolute Gasteiger partial charge is 0.167 e. The summed E-state index contributed by atoms with van der Waals surface area (Å²) in [6.07, 6.45) is 5.86. The van der Waals surface area contributed by atoms with Gasteiger partial charge < -0.3 is 28.4 Å². The summed E-state index contributed by atoms with van der Waals surface area (Å²) in [5, 5.41) is 0. The van der Waals surface area contributed by atoms with E-state index in [0.29, 0.717) is 0 Å². The Balaban J connectivity index is 0. The van der Waals surface area contributed by atoms with Gasteiger partial charge in [0, 0.05) is 55.0 Å². The molecule has 1 fully saturated rings. The van der Waals surface area contributed by atoms with E-state index in [2.05, 4.69) is 0 Å². The van der Waals surface area contributed by atoms with Crippen LogP contribution < -0.4 is 0 Å². The third-order valence-corrected chi connectivity index (χ3v) is 4.08. The molecule has 6 heteroatoms. The van der Waals surface area contributed by atoms with Crippen LogP contribution in [0.25, 0.3) is 0 Å². The molecule has 1 aliphatic rings. The van der Waals surface area contributed by atoms with Gasteiger partial charge in [-0.3, -0.25) is 0 Å². The zero-order valence-electron chi connectivity index (χ0n) is 17.3. The van der Waals surface area contributed by atoms with Gasteiger partial charge in [0.2, 0.25) is 0 Å². The van der Waals surface area contributed by atoms with Gasteiger partial charge in [0.05, 0.1) is 0 Å². The van der Waals surface area contributed by atoms with Crippen LogP contribution in [0.3, 0.4) is 0 Å². The van der Waals surface area contributed by atoms with E-state index in [1.807, 2.05) is 27.7 Å². The van der Waals surface area contributed by atoms with Crippen molar-refractivity contribution in [3.8, 4) is 0 Å². The summed E-state index contributed by atoms with van der Waals surface area (Å²) < 4.78 is 30.1. The fourth-order valence-corrected chi connectivity index (χ4v) is 1.97. The van der Waals surface area contributed by atoms with Crippen molar-refractivity contribution in [2.45, 2.75) is 77.7 Å². The van der Waals surface area contributed by atoms with Gasteiger partial charge in [-0.2, -0.15) is 0 Å². The van der Waals surface area contributed by atoms with Gasteiger partial charge in [-0.15, -0.1) is 0 Å². The predicted octanol–water partition coefficient (Wildman–Crippen LogP) is 3.97. The summed E-state index contributed by atoms with van der Waals surface area (Å²) in [6, 6.07) is 0. The second kappa shape index (κ2) is 15.0. The van der Waals surface area contributed by atoms with Crippen molar-refractivity contribution in [2.24, 2.45) is 0 Å². The van der Waals surface area contributed by atoms with Crippen LogP contribution in [-0.4, -0.2) is 60.0 Å². The highest BCUT2D eigenvalue weighted by molar-refractivity contribution is 4.73. The van der Waals surface area contributed by atoms with Crippen molar-refractivity contribution >= 4 is 0 Å². The third-order valence-electron chi connectivity index (χ3n) is 4.08. The zero-order chi connectivity index (χ0) is 19.1. The first kappa shape index (κ1) is 26.0. The van der Waals surface area contributed by atoms with Crippen LogP contribution in [0.2, 0.25) is 0 Å². The summed E-state index contributed by atoms with van der Waals surface area (Å²) in [5.74, 6) is -0.655. The van der Waals surface area contributed by atoms with Crippen molar-refractivity contribution < 1.29 is 28.4 Å². The summed E-state index contributed by atoms with van der Waals surface area (Å²) in [6.45, 7) is 8.23. The lowest BCUT2D eigenvalue weighted by atomic mass is 9.94. The molecule has 0 N–H and O–H groups in total. The van der Waals surface area contributed by atoms with Crippen LogP contribution in [0, 0.1) is 0 Å². The van der Waals surface area contributed by atoms with Crippen molar-refractivity contribution in [2.75, 3.05) is 42.2 Å². The van der Waals surface area contributed by atoms with E-state index in [0.717, 1.165) is 19.4 Å². The molecule has 0 spiro atoms. The standard InChI is InChI=1S/C8H16O2.2C5H12O2/c1-9-8(10-2)6-4-3-5-7-8;1-5(2,6-3)7-4;1-4-7-5(2)6-3/h3-7H2,1-2H3;1-4H3;5H,4H2,1-3H3. The number of ether oxygens (including phenoxy) is 6. The van der Waals surface area contributed by atoms with Crippen LogP contribution in [0.1, 0.15) is 59.8 Å². The van der Waals surface area contributed by atoms with Gasteiger partial charge >= 0.3 is 0 Å². The van der Waals surface area contributed by atoms with E-state index in [1.165, 1.54) is 19.3 Å². The molecular formula is C18H40O6. The molecule has 6 nitrogen and oxygen atoms in total. The fourth-order valence-electron chi connectivity index (χ4n) is 1.97. The Morgan fingerprint density at radius 2 is 1.33 bits per heavy atom. The first-order valence-electron chi connectivity index (χ1n) is 8.61. The molecule has 24 heavy (non-hydrogen) atoms. The number of hydrogen-bond donors (Lipinski definition) is 0. The molecular weight excluding hydrogens is 312 g/mol. The van der Waals surface area contributed by atoms with E-state index in [4.69, 9.17) is 28.4 Å². The molecule has 1 saturated carbocycles. The van der Waals surface area contributed by atoms with Crippen molar-refractivity contribution in [1.82, 2.24) is 0 Å². The maximum absolute atomic E-state index is 5.31. The molecule has 0 bridgehead atoms. The summed E-state index contributed by atoms with van der Waals surface area (Å²) in [7, 11) is 8.32. The molecule has 0 amide bonds. The molecule has 0 aromatic rings. The maximum Gasteiger partial charge on any atom is 0.167 e. The highest BCUT2D eigenvalue weighted by atomic mass is 16.7. The summed E-state index contributed by atoms with van der Waals surface area (Å²) in [4.78, 5) is 0. The first-order chi connectivity index (χ1) is 11.3. The molecule has 0 heterocycles. The highest BCUT2D eigenvalue weighted by Gasteiger charge is 2.30. The van der Waals surface area contributed by atoms with E-state index >= 15 is 0 Å². The average Bonchev–Trinajstić information content (AvgIpc) is 2.63. The Hall–Kier alpha value is -0.240. The van der Waals surface area contributed by atoms with E-state index in [1.54, 1.807) is 35.5 Å². The summed E-state index contributed by atoms with van der Waals surface area (Å²) >= 11 is 0. The quantitative estimate of drug-likeness (QED) is 0.646. The second-order valence-corrected chi connectivity index (χ2v) is 5.95. The van der Waals surface area contributed by atoms with E-state index in [9.17, 15) is 0 Å². The van der Waals surface area contributed by atoms with Gasteiger partial charge in [0.1, 0.15) is 0 Å². The maximum atomic E-state index is 5.31. The lowest BCUT2D eigenvalue weighted by Crippen LogP contribution is -2.35. The Morgan fingerprint density at radius 1 is 0.875 bits per heavy atom. The first-order valence-corrected chi connectivity index (χ1v) is 8.61. The lowest BCUT2D eigenvalue weighted by Gasteiger charge is -2.34. The third kappa shape index (κ3) is 13.1. The number of rotatable bonds is 7. The summed E-state index contributed by atoms with van der Waals surface area (Å²) in [5.41, 5.74) is 0. The van der Waals surface area contributed by atoms with Crippen molar-refractivity contribution in [1.29, 1.82) is 0 Å². The van der Waals surface area contributed by atoms with Crippen LogP contribution in [0.5, 0.6) is 0 Å². The van der Waals surface area contributed by atoms with Gasteiger partial charge in [-0.1, -0.05) is 6.42 Å². The molecule has 1 rings (SSSR count). The predicted molar refractivity (Wildman–Crippen MR) is 96.0 cm³/mol. The minimum absolute atomic E-state index is 0.0509. The van der Waals surface area contributed by atoms with Gasteiger partial charge in [0.15, 0.2) is 17.9 Å². The fraction of sp³-hybridized carbons (Fsp3) is 1.00. The molecule has 0 aliphatic heterocycles. The average molecular weight is 353 g/mol. The second-order valence-electron chi connectivity index (χ2n) is 5.95. The molecule has 148 valence electrons. The lowest BCUT2D eigenvalue weighted by molar-refractivity contribution is -0.222. The van der Waals surface area contributed by atoms with Crippen LogP contribution in [-0.2, 0) is 28.4 Å². The molecule has 0 aromatic carbocycles. The molecule has 1 unspecified atom stereocenters. The molecule has 0 saturated heterocycles. The van der Waals surface area contributed by atoms with Crippen molar-refractivity contribution in [3.63, 3.8) is 0 Å². The van der Waals surface area contributed by atoms with Crippen LogP contribution in [0.4, 0.5) is 0 Å². The Labute approximate surface area is 149 Å². The topological polar surface area (TPSA) is 55.4 Å². The Morgan fingerprint density at radius 3 is 1.50 bits per heavy atom. The number of hydrogen-bond acceptors (Lipinski definition) is 6. The number of methoxy groups -OCH3 is 5. The van der Waals surface area contributed by atoms with E-state index < -0.39 is 5.79 Å². The van der Waals surface area contributed by atoms with Gasteiger partial charge in [-0.25, -0.2) is 0 Å². The molecule has 1 atom stereocenters. The normalized spacial score (nSPS) is 17.9. The van der Waals surface area contributed by atoms with Gasteiger partial charge in [-0.05, 0) is 40.5 Å². The van der Waals surface area contributed by atoms with Gasteiger partial charge in [0.25, 0.3) is 0 Å². The van der Waals surface area contributed by atoms with Crippen molar-refractivity contribution in [3.05, 3.63) is 0 Å². The molecule has 0 aromatic heterocycles. The van der Waals surface area contributed by atoms with E-state index in [-0.39, 0.29) is 12.1 Å². The molecule has 1 aliphatic carbocycles. The minimum atomic E-state index is -0.417. The zero-order valence-corrected chi connectivity index (χ0v) is 17.3. The Kier molecular flexibility index (Phi) is 16.3.